The summed E-state index contributed by atoms with van der Waals surface area (Å²) in [5.41, 5.74) is 3.74. The van der Waals surface area contributed by atoms with E-state index in [1.165, 1.54) is 0 Å². The lowest BCUT2D eigenvalue weighted by Crippen LogP contribution is -2.27. The van der Waals surface area contributed by atoms with Gasteiger partial charge in [0.2, 0.25) is 0 Å². The molecule has 4 rings (SSSR count). The number of fused-ring (bicyclic) bond motifs is 2. The number of para-hydroxylation sites is 2. The Morgan fingerprint density at radius 1 is 0.639 bits per heavy atom. The molecule has 0 aliphatic rings. The summed E-state index contributed by atoms with van der Waals surface area (Å²) in [7, 11) is 0. The first kappa shape index (κ1) is 25.3. The smallest absolute Gasteiger partial charge is 0.252 e. The number of nitrogens with one attached hydrogen (secondary N) is 2. The number of amides is 2. The number of benzene rings is 2. The van der Waals surface area contributed by atoms with Crippen molar-refractivity contribution in [3.63, 3.8) is 0 Å². The highest BCUT2D eigenvalue weighted by Crippen LogP contribution is 2.34. The van der Waals surface area contributed by atoms with Gasteiger partial charge in [-0.2, -0.15) is 0 Å². The molecule has 0 fully saturated rings. The monoisotopic (exact) mass is 482 g/mol. The van der Waals surface area contributed by atoms with Crippen molar-refractivity contribution < 1.29 is 9.59 Å². The Labute approximate surface area is 212 Å². The molecule has 0 aliphatic carbocycles. The van der Waals surface area contributed by atoms with Gasteiger partial charge in [0.1, 0.15) is 0 Å². The second-order valence-electron chi connectivity index (χ2n) is 9.05. The molecule has 2 N–H and O–H groups in total. The highest BCUT2D eigenvalue weighted by molar-refractivity contribution is 6.16. The number of nitrogens with zero attached hydrogens (tertiary/aromatic N) is 2. The molecule has 186 valence electrons. The lowest BCUT2D eigenvalue weighted by atomic mass is 9.92. The Balaban J connectivity index is 1.85. The van der Waals surface area contributed by atoms with Crippen LogP contribution in [0.5, 0.6) is 0 Å². The fourth-order valence-electron chi connectivity index (χ4n) is 4.51. The Kier molecular flexibility index (Phi) is 8.61. The fourth-order valence-corrected chi connectivity index (χ4v) is 4.51. The van der Waals surface area contributed by atoms with Gasteiger partial charge in [-0.1, -0.05) is 75.9 Å². The number of rotatable bonds is 11. The van der Waals surface area contributed by atoms with Crippen molar-refractivity contribution in [3.8, 4) is 11.1 Å². The first-order chi connectivity index (χ1) is 17.7. The quantitative estimate of drug-likeness (QED) is 0.246. The normalized spacial score (nSPS) is 11.1. The molecule has 0 saturated heterocycles. The first-order valence-corrected chi connectivity index (χ1v) is 13.0. The van der Waals surface area contributed by atoms with E-state index in [0.29, 0.717) is 35.3 Å². The second kappa shape index (κ2) is 12.2. The van der Waals surface area contributed by atoms with E-state index < -0.39 is 0 Å². The van der Waals surface area contributed by atoms with Gasteiger partial charge in [-0.25, -0.2) is 0 Å². The zero-order valence-electron chi connectivity index (χ0n) is 21.1. The van der Waals surface area contributed by atoms with Crippen LogP contribution in [-0.2, 0) is 0 Å². The van der Waals surface area contributed by atoms with Gasteiger partial charge in [0.25, 0.3) is 11.8 Å². The average Bonchev–Trinajstić information content (AvgIpc) is 2.92. The number of carbonyl (C=O) groups is 2. The van der Waals surface area contributed by atoms with Crippen molar-refractivity contribution in [3.05, 3.63) is 72.1 Å². The van der Waals surface area contributed by atoms with Crippen molar-refractivity contribution in [2.24, 2.45) is 0 Å². The van der Waals surface area contributed by atoms with E-state index >= 15 is 0 Å². The predicted octanol–water partition coefficient (Wildman–Crippen LogP) is 6.29. The first-order valence-electron chi connectivity index (χ1n) is 13.0. The maximum absolute atomic E-state index is 13.5. The van der Waals surface area contributed by atoms with Crippen molar-refractivity contribution in [1.82, 2.24) is 20.6 Å². The third-order valence-electron chi connectivity index (χ3n) is 6.43. The van der Waals surface area contributed by atoms with Crippen LogP contribution in [0, 0.1) is 0 Å². The summed E-state index contributed by atoms with van der Waals surface area (Å²) >= 11 is 0. The summed E-state index contributed by atoms with van der Waals surface area (Å²) in [5, 5.41) is 7.68. The van der Waals surface area contributed by atoms with E-state index in [0.717, 1.165) is 60.3 Å². The molecule has 0 radical (unpaired) electrons. The summed E-state index contributed by atoms with van der Waals surface area (Å²) in [6, 6.07) is 15.2. The number of aromatic nitrogens is 2. The Bertz CT molecular complexity index is 1260. The molecule has 0 spiro atoms. The van der Waals surface area contributed by atoms with Crippen LogP contribution < -0.4 is 10.6 Å². The zero-order chi connectivity index (χ0) is 25.3. The van der Waals surface area contributed by atoms with E-state index in [4.69, 9.17) is 0 Å². The van der Waals surface area contributed by atoms with Gasteiger partial charge in [-0.3, -0.25) is 19.6 Å². The summed E-state index contributed by atoms with van der Waals surface area (Å²) < 4.78 is 0. The molecule has 0 saturated carbocycles. The maximum atomic E-state index is 13.5. The van der Waals surface area contributed by atoms with Crippen LogP contribution in [0.15, 0.2) is 60.9 Å². The summed E-state index contributed by atoms with van der Waals surface area (Å²) in [5.74, 6) is -0.329. The van der Waals surface area contributed by atoms with Crippen LogP contribution in [0.1, 0.15) is 73.1 Å². The lowest BCUT2D eigenvalue weighted by Gasteiger charge is -2.17. The number of hydrogen-bond acceptors (Lipinski definition) is 4. The Hall–Kier alpha value is -3.80. The third kappa shape index (κ3) is 5.54. The molecule has 2 aromatic heterocycles. The molecule has 0 atom stereocenters. The van der Waals surface area contributed by atoms with Crippen LogP contribution in [0.4, 0.5) is 0 Å². The molecule has 4 aromatic rings. The van der Waals surface area contributed by atoms with Crippen molar-refractivity contribution in [1.29, 1.82) is 0 Å². The van der Waals surface area contributed by atoms with Gasteiger partial charge in [-0.15, -0.1) is 0 Å². The van der Waals surface area contributed by atoms with Crippen LogP contribution in [0.25, 0.3) is 32.9 Å². The number of hydrogen-bond donors (Lipinski definition) is 2. The lowest BCUT2D eigenvalue weighted by molar-refractivity contribution is 0.0945. The molecular formula is C30H34N4O2. The number of carbonyl (C=O) groups excluding carboxylic acids is 2. The van der Waals surface area contributed by atoms with E-state index in [9.17, 15) is 9.59 Å². The van der Waals surface area contributed by atoms with Crippen molar-refractivity contribution in [2.45, 2.75) is 52.4 Å². The Morgan fingerprint density at radius 2 is 1.06 bits per heavy atom. The highest BCUT2D eigenvalue weighted by atomic mass is 16.2. The van der Waals surface area contributed by atoms with Crippen LogP contribution in [-0.4, -0.2) is 34.9 Å². The molecule has 0 unspecified atom stereocenters. The van der Waals surface area contributed by atoms with Crippen molar-refractivity contribution >= 4 is 33.6 Å². The minimum Gasteiger partial charge on any atom is -0.352 e. The summed E-state index contributed by atoms with van der Waals surface area (Å²) in [6.45, 7) is 5.47. The number of pyridine rings is 2. The van der Waals surface area contributed by atoms with Gasteiger partial charge in [0.15, 0.2) is 0 Å². The minimum absolute atomic E-state index is 0.165. The molecule has 36 heavy (non-hydrogen) atoms. The molecule has 6 nitrogen and oxygen atoms in total. The van der Waals surface area contributed by atoms with E-state index in [1.807, 2.05) is 48.5 Å². The zero-order valence-corrected chi connectivity index (χ0v) is 21.1. The molecule has 0 aliphatic heterocycles. The van der Waals surface area contributed by atoms with Crippen molar-refractivity contribution in [2.75, 3.05) is 13.1 Å². The third-order valence-corrected chi connectivity index (χ3v) is 6.43. The summed E-state index contributed by atoms with van der Waals surface area (Å²) in [6.07, 6.45) is 9.51. The van der Waals surface area contributed by atoms with Crippen LogP contribution in [0.2, 0.25) is 0 Å². The molecule has 6 heteroatoms. The number of unbranched alkanes of at least 4 members (excludes halogenated alkanes) is 4. The SMILES string of the molecule is CCCCCNC(=O)c1c(-c2cnc3ccccc3c2C(=O)NCCCCC)cnc2ccccc12. The molecular weight excluding hydrogens is 448 g/mol. The molecule has 2 aromatic carbocycles. The van der Waals surface area contributed by atoms with Crippen LogP contribution >= 0.6 is 0 Å². The molecule has 2 amide bonds. The predicted molar refractivity (Wildman–Crippen MR) is 146 cm³/mol. The second-order valence-corrected chi connectivity index (χ2v) is 9.05. The largest absolute Gasteiger partial charge is 0.352 e. The Morgan fingerprint density at radius 3 is 1.47 bits per heavy atom. The van der Waals surface area contributed by atoms with E-state index in [1.54, 1.807) is 12.4 Å². The van der Waals surface area contributed by atoms with Gasteiger partial charge >= 0.3 is 0 Å². The highest BCUT2D eigenvalue weighted by Gasteiger charge is 2.23. The molecule has 0 bridgehead atoms. The van der Waals surface area contributed by atoms with E-state index in [2.05, 4.69) is 34.4 Å². The van der Waals surface area contributed by atoms with E-state index in [-0.39, 0.29) is 11.8 Å². The van der Waals surface area contributed by atoms with Gasteiger partial charge < -0.3 is 10.6 Å². The van der Waals surface area contributed by atoms with Gasteiger partial charge in [0, 0.05) is 47.4 Å². The van der Waals surface area contributed by atoms with Gasteiger partial charge in [-0.05, 0) is 25.0 Å². The van der Waals surface area contributed by atoms with Gasteiger partial charge in [0.05, 0.1) is 22.2 Å². The fraction of sp³-hybridized carbons (Fsp3) is 0.333. The topological polar surface area (TPSA) is 84.0 Å². The minimum atomic E-state index is -0.165. The maximum Gasteiger partial charge on any atom is 0.252 e. The average molecular weight is 483 g/mol. The summed E-state index contributed by atoms with van der Waals surface area (Å²) in [4.78, 5) is 36.4. The van der Waals surface area contributed by atoms with Crippen LogP contribution in [0.3, 0.4) is 0 Å². The molecule has 2 heterocycles. The standard InChI is InChI=1S/C30H34N4O2/c1-3-5-11-17-31-29(35)27-21-13-7-9-15-25(21)33-19-23(27)24-20-34-26-16-10-8-14-22(26)28(24)30(36)32-18-12-6-4-2/h7-10,13-16,19-20H,3-6,11-12,17-18H2,1-2H3,(H,31,35)(H,32,36).